The third-order valence-electron chi connectivity index (χ3n) is 4.23. The largest absolute Gasteiger partial charge is 0.493 e. The van der Waals surface area contributed by atoms with E-state index < -0.39 is 0 Å². The number of halogens is 3. The lowest BCUT2D eigenvalue weighted by Crippen LogP contribution is -2.06. The lowest BCUT2D eigenvalue weighted by atomic mass is 10.2. The molecule has 0 aromatic heterocycles. The van der Waals surface area contributed by atoms with Crippen molar-refractivity contribution < 1.29 is 9.47 Å². The van der Waals surface area contributed by atoms with Gasteiger partial charge >= 0.3 is 0 Å². The van der Waals surface area contributed by atoms with Gasteiger partial charge in [0.2, 0.25) is 0 Å². The van der Waals surface area contributed by atoms with Crippen molar-refractivity contribution >= 4 is 62.3 Å². The van der Waals surface area contributed by atoms with E-state index in [2.05, 4.69) is 26.1 Å². The molecular formula is C23H20BrCl2N3O2S. The highest BCUT2D eigenvalue weighted by molar-refractivity contribution is 9.10. The number of ether oxygens (including phenoxy) is 2. The number of rotatable bonds is 8. The van der Waals surface area contributed by atoms with Crippen molar-refractivity contribution in [2.45, 2.75) is 12.4 Å². The minimum absolute atomic E-state index is 0.262. The van der Waals surface area contributed by atoms with Crippen LogP contribution in [0.1, 0.15) is 16.7 Å². The monoisotopic (exact) mass is 551 g/mol. The summed E-state index contributed by atoms with van der Waals surface area (Å²) in [7, 11) is 1.57. The standard InChI is InChI=1S/C23H20BrCl2N3O2S/c1-30-21-10-16(12-28-29-23(27)32-14-15-5-3-2-4-6-15)9-19(24)22(21)31-13-17-7-8-18(25)11-20(17)26/h2-12H,13-14H2,1H3,(H2,27,29). The highest BCUT2D eigenvalue weighted by Crippen LogP contribution is 2.37. The molecular weight excluding hydrogens is 533 g/mol. The van der Waals surface area contributed by atoms with E-state index in [1.807, 2.05) is 42.5 Å². The van der Waals surface area contributed by atoms with E-state index in [-0.39, 0.29) is 6.61 Å². The van der Waals surface area contributed by atoms with Crippen molar-refractivity contribution in [3.63, 3.8) is 0 Å². The summed E-state index contributed by atoms with van der Waals surface area (Å²) in [5, 5.41) is 9.63. The molecule has 0 fully saturated rings. The van der Waals surface area contributed by atoms with Gasteiger partial charge in [-0.3, -0.25) is 0 Å². The van der Waals surface area contributed by atoms with Gasteiger partial charge < -0.3 is 15.2 Å². The topological polar surface area (TPSA) is 69.2 Å². The van der Waals surface area contributed by atoms with Gasteiger partial charge in [-0.05, 0) is 51.3 Å². The van der Waals surface area contributed by atoms with Gasteiger partial charge in [-0.1, -0.05) is 71.4 Å². The normalized spacial score (nSPS) is 11.7. The van der Waals surface area contributed by atoms with Gasteiger partial charge in [0.05, 0.1) is 17.8 Å². The lowest BCUT2D eigenvalue weighted by Gasteiger charge is -2.14. The van der Waals surface area contributed by atoms with Crippen molar-refractivity contribution in [3.8, 4) is 11.5 Å². The zero-order valence-electron chi connectivity index (χ0n) is 17.1. The molecule has 0 radical (unpaired) electrons. The van der Waals surface area contributed by atoms with Crippen LogP contribution < -0.4 is 15.2 Å². The molecule has 2 N–H and O–H groups in total. The van der Waals surface area contributed by atoms with Crippen LogP contribution in [-0.4, -0.2) is 18.5 Å². The third-order valence-corrected chi connectivity index (χ3v) is 6.26. The summed E-state index contributed by atoms with van der Waals surface area (Å²) in [6.45, 7) is 0.262. The maximum absolute atomic E-state index is 6.23. The molecule has 0 saturated heterocycles. The number of thioether (sulfide) groups is 1. The van der Waals surface area contributed by atoms with E-state index in [0.29, 0.717) is 31.2 Å². The fraction of sp³-hybridized carbons (Fsp3) is 0.130. The zero-order chi connectivity index (χ0) is 22.9. The summed E-state index contributed by atoms with van der Waals surface area (Å²) < 4.78 is 12.1. The Bertz CT molecular complexity index is 1130. The summed E-state index contributed by atoms with van der Waals surface area (Å²) in [6, 6.07) is 19.0. The summed E-state index contributed by atoms with van der Waals surface area (Å²) in [6.07, 6.45) is 1.60. The van der Waals surface area contributed by atoms with Gasteiger partial charge in [-0.15, -0.1) is 5.10 Å². The second-order valence-electron chi connectivity index (χ2n) is 6.52. The van der Waals surface area contributed by atoms with Crippen molar-refractivity contribution in [3.05, 3.63) is 91.9 Å². The Morgan fingerprint density at radius 1 is 1.12 bits per heavy atom. The Labute approximate surface area is 209 Å². The Hall–Kier alpha value is -2.19. The minimum Gasteiger partial charge on any atom is -0.493 e. The van der Waals surface area contributed by atoms with Crippen molar-refractivity contribution in [2.24, 2.45) is 15.9 Å². The van der Waals surface area contributed by atoms with Crippen LogP contribution in [0, 0.1) is 0 Å². The number of hydrogen-bond acceptors (Lipinski definition) is 5. The number of methoxy groups -OCH3 is 1. The summed E-state index contributed by atoms with van der Waals surface area (Å²) >= 11 is 17.1. The van der Waals surface area contributed by atoms with Crippen LogP contribution in [0.5, 0.6) is 11.5 Å². The lowest BCUT2D eigenvalue weighted by molar-refractivity contribution is 0.282. The van der Waals surface area contributed by atoms with Gasteiger partial charge in [0.25, 0.3) is 0 Å². The predicted octanol–water partition coefficient (Wildman–Crippen LogP) is 6.93. The molecule has 0 aliphatic rings. The van der Waals surface area contributed by atoms with Gasteiger partial charge in [-0.2, -0.15) is 5.10 Å². The van der Waals surface area contributed by atoms with Gasteiger partial charge in [0.15, 0.2) is 16.7 Å². The molecule has 0 heterocycles. The first-order valence-electron chi connectivity index (χ1n) is 9.43. The van der Waals surface area contributed by atoms with E-state index in [1.165, 1.54) is 17.3 Å². The summed E-state index contributed by atoms with van der Waals surface area (Å²) in [5.41, 5.74) is 8.70. The Kier molecular flexibility index (Phi) is 9.29. The van der Waals surface area contributed by atoms with E-state index >= 15 is 0 Å². The third kappa shape index (κ3) is 7.17. The minimum atomic E-state index is 0.262. The molecule has 32 heavy (non-hydrogen) atoms. The maximum atomic E-state index is 6.23. The van der Waals surface area contributed by atoms with Crippen LogP contribution in [0.15, 0.2) is 75.3 Å². The average molecular weight is 553 g/mol. The average Bonchev–Trinajstić information content (AvgIpc) is 2.78. The Morgan fingerprint density at radius 3 is 2.62 bits per heavy atom. The van der Waals surface area contributed by atoms with Gasteiger partial charge in [0, 0.05) is 21.4 Å². The van der Waals surface area contributed by atoms with E-state index in [1.54, 1.807) is 31.5 Å². The predicted molar refractivity (Wildman–Crippen MR) is 138 cm³/mol. The Balaban J connectivity index is 1.65. The molecule has 5 nitrogen and oxygen atoms in total. The molecule has 3 aromatic rings. The van der Waals surface area contributed by atoms with E-state index in [9.17, 15) is 0 Å². The maximum Gasteiger partial charge on any atom is 0.180 e. The molecule has 9 heteroatoms. The first-order valence-corrected chi connectivity index (χ1v) is 12.0. The molecule has 0 amide bonds. The molecule has 0 saturated carbocycles. The molecule has 3 rings (SSSR count). The summed E-state index contributed by atoms with van der Waals surface area (Å²) in [5.74, 6) is 1.83. The van der Waals surface area contributed by atoms with E-state index in [4.69, 9.17) is 38.4 Å². The van der Waals surface area contributed by atoms with Crippen molar-refractivity contribution in [1.29, 1.82) is 0 Å². The fourth-order valence-corrected chi connectivity index (χ4v) is 4.30. The molecule has 0 unspecified atom stereocenters. The van der Waals surface area contributed by atoms with Crippen LogP contribution >= 0.6 is 50.9 Å². The number of hydrogen-bond donors (Lipinski definition) is 1. The van der Waals surface area contributed by atoms with Crippen LogP contribution in [0.2, 0.25) is 10.0 Å². The first kappa shape index (κ1) is 24.5. The van der Waals surface area contributed by atoms with Crippen LogP contribution in [0.25, 0.3) is 0 Å². The van der Waals surface area contributed by atoms with Crippen molar-refractivity contribution in [2.75, 3.05) is 7.11 Å². The molecule has 166 valence electrons. The SMILES string of the molecule is COc1cc(C=NN=C(N)SCc2ccccc2)cc(Br)c1OCc1ccc(Cl)cc1Cl. The highest BCUT2D eigenvalue weighted by atomic mass is 79.9. The highest BCUT2D eigenvalue weighted by Gasteiger charge is 2.12. The number of benzene rings is 3. The van der Waals surface area contributed by atoms with E-state index in [0.717, 1.165) is 16.9 Å². The second-order valence-corrected chi connectivity index (χ2v) is 9.21. The molecule has 0 atom stereocenters. The van der Waals surface area contributed by atoms with Crippen LogP contribution in [-0.2, 0) is 12.4 Å². The van der Waals surface area contributed by atoms with Crippen LogP contribution in [0.4, 0.5) is 0 Å². The molecule has 0 bridgehead atoms. The quantitative estimate of drug-likeness (QED) is 0.187. The Morgan fingerprint density at radius 2 is 1.91 bits per heavy atom. The number of nitrogens with two attached hydrogens (primary N) is 1. The second kappa shape index (κ2) is 12.2. The molecule has 0 aliphatic carbocycles. The fourth-order valence-electron chi connectivity index (χ4n) is 2.66. The number of amidine groups is 1. The first-order chi connectivity index (χ1) is 15.5. The molecule has 0 aliphatic heterocycles. The molecule has 0 spiro atoms. The summed E-state index contributed by atoms with van der Waals surface area (Å²) in [4.78, 5) is 0. The smallest absolute Gasteiger partial charge is 0.180 e. The molecule has 3 aromatic carbocycles. The van der Waals surface area contributed by atoms with Crippen LogP contribution in [0.3, 0.4) is 0 Å². The van der Waals surface area contributed by atoms with Gasteiger partial charge in [-0.25, -0.2) is 0 Å². The van der Waals surface area contributed by atoms with Crippen molar-refractivity contribution in [1.82, 2.24) is 0 Å². The van der Waals surface area contributed by atoms with Gasteiger partial charge in [0.1, 0.15) is 6.61 Å². The number of nitrogens with zero attached hydrogens (tertiary/aromatic N) is 2. The zero-order valence-corrected chi connectivity index (χ0v) is 21.0.